The third-order valence-electron chi connectivity index (χ3n) is 5.83. The van der Waals surface area contributed by atoms with Crippen LogP contribution in [0.3, 0.4) is 0 Å². The lowest BCUT2D eigenvalue weighted by Gasteiger charge is -2.40. The van der Waals surface area contributed by atoms with Gasteiger partial charge in [0, 0.05) is 12.0 Å². The van der Waals surface area contributed by atoms with E-state index in [1.165, 1.54) is 6.92 Å². The molecule has 2 aromatic rings. The van der Waals surface area contributed by atoms with E-state index in [0.29, 0.717) is 24.3 Å². The van der Waals surface area contributed by atoms with E-state index in [-0.39, 0.29) is 23.4 Å². The maximum Gasteiger partial charge on any atom is 0.408 e. The number of nitrogens with zero attached hydrogens (tertiary/aromatic N) is 1. The van der Waals surface area contributed by atoms with Crippen LogP contribution in [0.15, 0.2) is 36.4 Å². The number of hydrogen-bond acceptors (Lipinski definition) is 6. The molecule has 0 radical (unpaired) electrons. The summed E-state index contributed by atoms with van der Waals surface area (Å²) in [7, 11) is 0. The number of carbonyl (C=O) groups excluding carboxylic acids is 1. The Morgan fingerprint density at radius 3 is 2.80 bits per heavy atom. The van der Waals surface area contributed by atoms with Crippen LogP contribution in [0.2, 0.25) is 5.15 Å². The summed E-state index contributed by atoms with van der Waals surface area (Å²) in [5.74, 6) is 0.602. The van der Waals surface area contributed by atoms with Crippen molar-refractivity contribution in [3.63, 3.8) is 0 Å². The predicted octanol–water partition coefficient (Wildman–Crippen LogP) is 3.25. The average Bonchev–Trinajstić information content (AvgIpc) is 3.59. The number of alkyl carbamates (subject to hydrolysis) is 1. The number of ether oxygens (including phenoxy) is 2. The number of pyridine rings is 1. The van der Waals surface area contributed by atoms with Gasteiger partial charge in [-0.05, 0) is 37.3 Å². The molecule has 8 heteroatoms. The van der Waals surface area contributed by atoms with Crippen LogP contribution in [0.25, 0.3) is 0 Å². The van der Waals surface area contributed by atoms with E-state index in [1.807, 2.05) is 30.3 Å². The molecule has 0 bridgehead atoms. The SMILES string of the molecule is CC(O)(CO)c1cc2c(c(Cl)n1)OCCC2(NC(=O)OCc1ccccc1)C1CC1. The van der Waals surface area contributed by atoms with Gasteiger partial charge in [0.1, 0.15) is 12.2 Å². The Morgan fingerprint density at radius 1 is 1.40 bits per heavy atom. The molecule has 3 N–H and O–H groups in total. The second-order valence-corrected chi connectivity index (χ2v) is 8.50. The molecular weight excluding hydrogens is 408 g/mol. The molecule has 2 heterocycles. The summed E-state index contributed by atoms with van der Waals surface area (Å²) in [6, 6.07) is 11.1. The number of benzene rings is 1. The van der Waals surface area contributed by atoms with Gasteiger partial charge in [-0.25, -0.2) is 9.78 Å². The van der Waals surface area contributed by atoms with Crippen molar-refractivity contribution in [2.45, 2.75) is 43.9 Å². The van der Waals surface area contributed by atoms with E-state index < -0.39 is 23.8 Å². The Hall–Kier alpha value is -2.35. The summed E-state index contributed by atoms with van der Waals surface area (Å²) in [5, 5.41) is 23.2. The predicted molar refractivity (Wildman–Crippen MR) is 110 cm³/mol. The molecule has 0 spiro atoms. The van der Waals surface area contributed by atoms with Gasteiger partial charge in [0.2, 0.25) is 0 Å². The van der Waals surface area contributed by atoms with Gasteiger partial charge < -0.3 is 25.0 Å². The first-order chi connectivity index (χ1) is 14.4. The normalized spacial score (nSPS) is 22.4. The highest BCUT2D eigenvalue weighted by molar-refractivity contribution is 6.31. The molecule has 1 aliphatic carbocycles. The molecule has 1 aliphatic heterocycles. The molecule has 160 valence electrons. The first kappa shape index (κ1) is 20.9. The van der Waals surface area contributed by atoms with Crippen molar-refractivity contribution in [2.75, 3.05) is 13.2 Å². The average molecular weight is 433 g/mol. The first-order valence-corrected chi connectivity index (χ1v) is 10.4. The zero-order chi connectivity index (χ0) is 21.4. The van der Waals surface area contributed by atoms with Crippen LogP contribution >= 0.6 is 11.6 Å². The highest BCUT2D eigenvalue weighted by Crippen LogP contribution is 2.53. The monoisotopic (exact) mass is 432 g/mol. The summed E-state index contributed by atoms with van der Waals surface area (Å²) in [4.78, 5) is 17.0. The van der Waals surface area contributed by atoms with E-state index in [4.69, 9.17) is 21.1 Å². The van der Waals surface area contributed by atoms with E-state index in [0.717, 1.165) is 18.4 Å². The van der Waals surface area contributed by atoms with Gasteiger partial charge in [-0.15, -0.1) is 0 Å². The minimum Gasteiger partial charge on any atom is -0.490 e. The molecule has 1 saturated carbocycles. The van der Waals surface area contributed by atoms with Gasteiger partial charge >= 0.3 is 6.09 Å². The fourth-order valence-electron chi connectivity index (χ4n) is 3.95. The van der Waals surface area contributed by atoms with E-state index >= 15 is 0 Å². The van der Waals surface area contributed by atoms with Crippen LogP contribution < -0.4 is 10.1 Å². The topological polar surface area (TPSA) is 101 Å². The Morgan fingerprint density at radius 2 is 2.13 bits per heavy atom. The van der Waals surface area contributed by atoms with Crippen LogP contribution in [0, 0.1) is 5.92 Å². The second kappa shape index (κ2) is 8.06. The molecule has 1 aromatic heterocycles. The minimum atomic E-state index is -1.57. The second-order valence-electron chi connectivity index (χ2n) is 8.14. The molecule has 2 unspecified atom stereocenters. The van der Waals surface area contributed by atoms with Gasteiger partial charge in [0.25, 0.3) is 0 Å². The summed E-state index contributed by atoms with van der Waals surface area (Å²) in [6.07, 6.45) is 1.92. The zero-order valence-electron chi connectivity index (χ0n) is 16.7. The number of aliphatic hydroxyl groups is 2. The molecule has 7 nitrogen and oxygen atoms in total. The van der Waals surface area contributed by atoms with Crippen LogP contribution in [0.4, 0.5) is 4.79 Å². The largest absolute Gasteiger partial charge is 0.490 e. The van der Waals surface area contributed by atoms with E-state index in [9.17, 15) is 15.0 Å². The van der Waals surface area contributed by atoms with Crippen LogP contribution in [-0.4, -0.2) is 34.5 Å². The summed E-state index contributed by atoms with van der Waals surface area (Å²) < 4.78 is 11.2. The van der Waals surface area contributed by atoms with Crippen LogP contribution in [0.5, 0.6) is 5.75 Å². The lowest BCUT2D eigenvalue weighted by atomic mass is 9.79. The molecule has 1 aromatic carbocycles. The van der Waals surface area contributed by atoms with Gasteiger partial charge in [-0.2, -0.15) is 0 Å². The maximum atomic E-state index is 12.7. The van der Waals surface area contributed by atoms with Crippen molar-refractivity contribution in [3.8, 4) is 5.75 Å². The number of amides is 1. The Labute approximate surface area is 180 Å². The summed E-state index contributed by atoms with van der Waals surface area (Å²) >= 11 is 6.37. The van der Waals surface area contributed by atoms with E-state index in [1.54, 1.807) is 6.07 Å². The molecule has 4 rings (SSSR count). The first-order valence-electron chi connectivity index (χ1n) is 10.0. The molecule has 2 atom stereocenters. The molecule has 0 saturated heterocycles. The molecular formula is C22H25ClN2O5. The summed E-state index contributed by atoms with van der Waals surface area (Å²) in [5.41, 5.74) is -0.512. The van der Waals surface area contributed by atoms with Crippen molar-refractivity contribution in [1.82, 2.24) is 10.3 Å². The number of aromatic nitrogens is 1. The van der Waals surface area contributed by atoms with Crippen LogP contribution in [0.1, 0.15) is 43.0 Å². The summed E-state index contributed by atoms with van der Waals surface area (Å²) in [6.45, 7) is 1.49. The lowest BCUT2D eigenvalue weighted by Crippen LogP contribution is -2.51. The van der Waals surface area contributed by atoms with Crippen molar-refractivity contribution >= 4 is 17.7 Å². The van der Waals surface area contributed by atoms with Gasteiger partial charge in [-0.1, -0.05) is 41.9 Å². The third kappa shape index (κ3) is 3.97. The lowest BCUT2D eigenvalue weighted by molar-refractivity contribution is -0.00626. The van der Waals surface area contributed by atoms with Crippen molar-refractivity contribution in [1.29, 1.82) is 0 Å². The number of rotatable bonds is 6. The number of hydrogen-bond donors (Lipinski definition) is 3. The number of fused-ring (bicyclic) bond motifs is 1. The molecule has 30 heavy (non-hydrogen) atoms. The van der Waals surface area contributed by atoms with Gasteiger partial charge in [0.05, 0.1) is 24.4 Å². The Bertz CT molecular complexity index is 933. The highest BCUT2D eigenvalue weighted by Gasteiger charge is 2.52. The number of nitrogens with one attached hydrogen (secondary N) is 1. The van der Waals surface area contributed by atoms with Crippen molar-refractivity contribution < 1.29 is 24.5 Å². The smallest absolute Gasteiger partial charge is 0.408 e. The van der Waals surface area contributed by atoms with Crippen molar-refractivity contribution in [3.05, 3.63) is 58.4 Å². The Balaban J connectivity index is 1.65. The standard InChI is InChI=1S/C22H25ClN2O5/c1-21(28,13-26)17-11-16-18(19(23)24-17)29-10-9-22(16,15-7-8-15)25-20(27)30-12-14-5-3-2-4-6-14/h2-6,11,15,26,28H,7-10,12-13H2,1H3,(H,25,27). The highest BCUT2D eigenvalue weighted by atomic mass is 35.5. The van der Waals surface area contributed by atoms with Gasteiger partial charge in [-0.3, -0.25) is 0 Å². The molecule has 1 amide bonds. The van der Waals surface area contributed by atoms with Crippen molar-refractivity contribution in [2.24, 2.45) is 5.92 Å². The fraction of sp³-hybridized carbons (Fsp3) is 0.455. The number of halogens is 1. The third-order valence-corrected chi connectivity index (χ3v) is 6.08. The minimum absolute atomic E-state index is 0.0976. The number of carbonyl (C=O) groups is 1. The Kier molecular flexibility index (Phi) is 5.61. The van der Waals surface area contributed by atoms with E-state index in [2.05, 4.69) is 10.3 Å². The fourth-order valence-corrected chi connectivity index (χ4v) is 4.20. The maximum absolute atomic E-state index is 12.7. The molecule has 1 fully saturated rings. The van der Waals surface area contributed by atoms with Gasteiger partial charge in [0.15, 0.2) is 10.9 Å². The molecule has 2 aliphatic rings. The zero-order valence-corrected chi connectivity index (χ0v) is 17.5. The van der Waals surface area contributed by atoms with Crippen LogP contribution in [-0.2, 0) is 22.5 Å². The number of aliphatic hydroxyl groups excluding tert-OH is 1. The quantitative estimate of drug-likeness (QED) is 0.606.